The smallest absolute Gasteiger partial charge is 0.333 e. The third-order valence-corrected chi connectivity index (χ3v) is 7.19. The molecule has 0 amide bonds. The largest absolute Gasteiger partial charge is 0.361 e. The van der Waals surface area contributed by atoms with Crippen LogP contribution in [0.5, 0.6) is 0 Å². The molecule has 0 saturated heterocycles. The van der Waals surface area contributed by atoms with Crippen molar-refractivity contribution >= 4 is 25.0 Å². The third-order valence-electron chi connectivity index (χ3n) is 4.71. The van der Waals surface area contributed by atoms with Gasteiger partial charge in [0.25, 0.3) is 5.56 Å². The molecule has 0 bridgehead atoms. The SMILES string of the molecule is CC(=O)Sc1ccc(-c2c(C)c(=O)n(COCC[Si](C)(C)C)c(=O)n2C)c(C)c1. The van der Waals surface area contributed by atoms with Crippen LogP contribution in [0.1, 0.15) is 18.1 Å². The van der Waals surface area contributed by atoms with Gasteiger partial charge >= 0.3 is 5.69 Å². The summed E-state index contributed by atoms with van der Waals surface area (Å²) in [6, 6.07) is 6.57. The Kier molecular flexibility index (Phi) is 7.48. The van der Waals surface area contributed by atoms with Crippen LogP contribution in [0.4, 0.5) is 0 Å². The van der Waals surface area contributed by atoms with Gasteiger partial charge in [-0.2, -0.15) is 0 Å². The van der Waals surface area contributed by atoms with Crippen molar-refractivity contribution in [2.24, 2.45) is 7.05 Å². The molecule has 0 aliphatic heterocycles. The van der Waals surface area contributed by atoms with E-state index in [1.165, 1.54) is 11.5 Å². The average Bonchev–Trinajstić information content (AvgIpc) is 2.60. The second-order valence-corrected chi connectivity index (χ2v) is 15.3. The molecule has 0 aliphatic carbocycles. The van der Waals surface area contributed by atoms with Gasteiger partial charge in [0, 0.05) is 44.7 Å². The Hall–Kier alpha value is -1.90. The number of carbonyl (C=O) groups excluding carboxylic acids is 1. The van der Waals surface area contributed by atoms with Gasteiger partial charge in [0.2, 0.25) is 0 Å². The van der Waals surface area contributed by atoms with Crippen LogP contribution in [0, 0.1) is 13.8 Å². The maximum absolute atomic E-state index is 12.9. The van der Waals surface area contributed by atoms with Gasteiger partial charge in [-0.1, -0.05) is 37.5 Å². The van der Waals surface area contributed by atoms with Gasteiger partial charge < -0.3 is 4.74 Å². The summed E-state index contributed by atoms with van der Waals surface area (Å²) in [7, 11) is 0.430. The molecule has 2 rings (SSSR count). The van der Waals surface area contributed by atoms with E-state index in [9.17, 15) is 14.4 Å². The first-order valence-corrected chi connectivity index (χ1v) is 14.1. The number of nitrogens with zero attached hydrogens (tertiary/aromatic N) is 2. The lowest BCUT2D eigenvalue weighted by Crippen LogP contribution is -2.41. The number of thioether (sulfide) groups is 1. The van der Waals surface area contributed by atoms with Crippen LogP contribution in [-0.4, -0.2) is 28.9 Å². The fraction of sp³-hybridized carbons (Fsp3) is 0.476. The second-order valence-electron chi connectivity index (χ2n) is 8.47. The maximum Gasteiger partial charge on any atom is 0.333 e. The Labute approximate surface area is 176 Å². The Morgan fingerprint density at radius 3 is 2.38 bits per heavy atom. The standard InChI is InChI=1S/C21H30N2O4SSi/c1-14-12-17(28-16(3)24)8-9-18(14)19-15(2)20(25)23(21(26)22(19)4)13-27-10-11-29(5,6)7/h8-9,12H,10-11,13H2,1-7H3. The van der Waals surface area contributed by atoms with E-state index in [0.29, 0.717) is 17.9 Å². The van der Waals surface area contributed by atoms with Crippen LogP contribution in [0.2, 0.25) is 25.7 Å². The first-order chi connectivity index (χ1) is 13.4. The number of hydrogen-bond acceptors (Lipinski definition) is 5. The molecule has 0 unspecified atom stereocenters. The molecular formula is C21H30N2O4SSi. The van der Waals surface area contributed by atoms with Crippen LogP contribution in [0.25, 0.3) is 11.3 Å². The Morgan fingerprint density at radius 1 is 1.17 bits per heavy atom. The summed E-state index contributed by atoms with van der Waals surface area (Å²) >= 11 is 1.16. The minimum absolute atomic E-state index is 0.0115. The van der Waals surface area contributed by atoms with Gasteiger partial charge in [0.1, 0.15) is 6.73 Å². The van der Waals surface area contributed by atoms with Gasteiger partial charge in [-0.05, 0) is 37.6 Å². The lowest BCUT2D eigenvalue weighted by atomic mass is 10.0. The summed E-state index contributed by atoms with van der Waals surface area (Å²) in [5.74, 6) is 0. The Morgan fingerprint density at radius 2 is 1.83 bits per heavy atom. The van der Waals surface area contributed by atoms with Gasteiger partial charge in [-0.25, -0.2) is 9.36 Å². The zero-order valence-electron chi connectivity index (χ0n) is 18.3. The minimum Gasteiger partial charge on any atom is -0.361 e. The van der Waals surface area contributed by atoms with Crippen LogP contribution in [-0.2, 0) is 23.3 Å². The molecule has 0 atom stereocenters. The van der Waals surface area contributed by atoms with Crippen molar-refractivity contribution in [3.8, 4) is 11.3 Å². The fourth-order valence-electron chi connectivity index (χ4n) is 3.08. The van der Waals surface area contributed by atoms with E-state index >= 15 is 0 Å². The number of ether oxygens (including phenoxy) is 1. The molecule has 8 heteroatoms. The van der Waals surface area contributed by atoms with Crippen LogP contribution in [0.3, 0.4) is 0 Å². The predicted octanol–water partition coefficient (Wildman–Crippen LogP) is 3.78. The highest BCUT2D eigenvalue weighted by molar-refractivity contribution is 8.13. The zero-order chi connectivity index (χ0) is 21.9. The summed E-state index contributed by atoms with van der Waals surface area (Å²) in [5, 5.41) is 0.0115. The number of aromatic nitrogens is 2. The van der Waals surface area contributed by atoms with Crippen molar-refractivity contribution in [1.82, 2.24) is 9.13 Å². The van der Waals surface area contributed by atoms with Crippen LogP contribution < -0.4 is 11.2 Å². The monoisotopic (exact) mass is 434 g/mol. The van der Waals surface area contributed by atoms with E-state index in [0.717, 1.165) is 38.4 Å². The van der Waals surface area contributed by atoms with Crippen molar-refractivity contribution in [2.45, 2.75) is 58.1 Å². The molecule has 158 valence electrons. The molecule has 29 heavy (non-hydrogen) atoms. The summed E-state index contributed by atoms with van der Waals surface area (Å²) in [6.45, 7) is 12.4. The topological polar surface area (TPSA) is 70.3 Å². The maximum atomic E-state index is 12.9. The van der Waals surface area contributed by atoms with Crippen molar-refractivity contribution in [3.05, 3.63) is 50.2 Å². The predicted molar refractivity (Wildman–Crippen MR) is 121 cm³/mol. The first-order valence-electron chi connectivity index (χ1n) is 9.60. The normalized spacial score (nSPS) is 11.7. The highest BCUT2D eigenvalue weighted by Crippen LogP contribution is 2.28. The average molecular weight is 435 g/mol. The quantitative estimate of drug-likeness (QED) is 0.377. The van der Waals surface area contributed by atoms with Gasteiger partial charge in [0.15, 0.2) is 5.12 Å². The van der Waals surface area contributed by atoms with Crippen molar-refractivity contribution in [2.75, 3.05) is 6.61 Å². The minimum atomic E-state index is -1.24. The first kappa shape index (κ1) is 23.4. The molecule has 2 aromatic rings. The molecule has 0 saturated carbocycles. The van der Waals surface area contributed by atoms with Crippen LogP contribution in [0.15, 0.2) is 32.7 Å². The highest BCUT2D eigenvalue weighted by atomic mass is 32.2. The fourth-order valence-corrected chi connectivity index (χ4v) is 4.54. The number of hydrogen-bond donors (Lipinski definition) is 0. The molecule has 0 spiro atoms. The van der Waals surface area contributed by atoms with E-state index in [1.807, 2.05) is 25.1 Å². The molecule has 0 radical (unpaired) electrons. The second kappa shape index (κ2) is 9.28. The van der Waals surface area contributed by atoms with Gasteiger partial charge in [-0.15, -0.1) is 0 Å². The van der Waals surface area contributed by atoms with Crippen molar-refractivity contribution in [3.63, 3.8) is 0 Å². The molecule has 1 heterocycles. The zero-order valence-corrected chi connectivity index (χ0v) is 20.1. The molecule has 0 aliphatic rings. The number of carbonyl (C=O) groups is 1. The number of benzene rings is 1. The molecule has 0 N–H and O–H groups in total. The van der Waals surface area contributed by atoms with E-state index in [1.54, 1.807) is 14.0 Å². The lowest BCUT2D eigenvalue weighted by Gasteiger charge is -2.18. The third kappa shape index (κ3) is 5.80. The van der Waals surface area contributed by atoms with Gasteiger partial charge in [-0.3, -0.25) is 14.2 Å². The summed E-state index contributed by atoms with van der Waals surface area (Å²) < 4.78 is 8.29. The highest BCUT2D eigenvalue weighted by Gasteiger charge is 2.18. The summed E-state index contributed by atoms with van der Waals surface area (Å²) in [4.78, 5) is 37.9. The van der Waals surface area contributed by atoms with Crippen LogP contribution >= 0.6 is 11.8 Å². The molecule has 1 aromatic carbocycles. The Balaban J connectivity index is 2.40. The Bertz CT molecular complexity index is 997. The van der Waals surface area contributed by atoms with E-state index in [2.05, 4.69) is 19.6 Å². The number of rotatable bonds is 7. The molecule has 0 fully saturated rings. The summed E-state index contributed by atoms with van der Waals surface area (Å²) in [6.07, 6.45) is 0. The van der Waals surface area contributed by atoms with Gasteiger partial charge in [0.05, 0.1) is 5.69 Å². The van der Waals surface area contributed by atoms with E-state index in [4.69, 9.17) is 4.74 Å². The number of aryl methyl sites for hydroxylation is 1. The van der Waals surface area contributed by atoms with E-state index < -0.39 is 13.8 Å². The lowest BCUT2D eigenvalue weighted by molar-refractivity contribution is -0.109. The van der Waals surface area contributed by atoms with E-state index in [-0.39, 0.29) is 17.4 Å². The molecule has 1 aromatic heterocycles. The molecule has 6 nitrogen and oxygen atoms in total. The molecular weight excluding hydrogens is 404 g/mol. The van der Waals surface area contributed by atoms with Crippen molar-refractivity contribution < 1.29 is 9.53 Å². The summed E-state index contributed by atoms with van der Waals surface area (Å²) in [5.41, 5.74) is 2.06. The van der Waals surface area contributed by atoms with Crippen molar-refractivity contribution in [1.29, 1.82) is 0 Å².